The van der Waals surface area contributed by atoms with Gasteiger partial charge in [-0.15, -0.1) is 0 Å². The van der Waals surface area contributed by atoms with Crippen LogP contribution in [0, 0.1) is 0 Å². The number of nitrogens with zero attached hydrogens (tertiary/aromatic N) is 1. The summed E-state index contributed by atoms with van der Waals surface area (Å²) in [6.07, 6.45) is 5.38. The number of ether oxygens (including phenoxy) is 2. The molecule has 4 heteroatoms. The largest absolute Gasteiger partial charge is 0.464 e. The first-order valence-electron chi connectivity index (χ1n) is 5.45. The normalized spacial score (nSPS) is 10.1. The zero-order chi connectivity index (χ0) is 11.6. The van der Waals surface area contributed by atoms with Crippen LogP contribution in [0.2, 0.25) is 0 Å². The van der Waals surface area contributed by atoms with E-state index in [9.17, 15) is 4.79 Å². The second kappa shape index (κ2) is 7.82. The molecule has 0 aliphatic rings. The lowest BCUT2D eigenvalue weighted by Gasteiger charge is -2.03. The molecule has 4 nitrogen and oxygen atoms in total. The molecule has 1 aromatic rings. The number of carbonyl (C=O) groups excluding carboxylic acids is 1. The summed E-state index contributed by atoms with van der Waals surface area (Å²) in [6, 6.07) is 3.94. The van der Waals surface area contributed by atoms with E-state index in [0.29, 0.717) is 13.2 Å². The van der Waals surface area contributed by atoms with Gasteiger partial charge in [-0.05, 0) is 31.4 Å². The van der Waals surface area contributed by atoms with Crippen molar-refractivity contribution < 1.29 is 14.3 Å². The van der Waals surface area contributed by atoms with Crippen molar-refractivity contribution in [2.75, 3.05) is 19.8 Å². The number of aromatic nitrogens is 1. The van der Waals surface area contributed by atoms with Crippen LogP contribution in [0.25, 0.3) is 0 Å². The summed E-state index contributed by atoms with van der Waals surface area (Å²) in [5.41, 5.74) is 1.18. The Morgan fingerprint density at radius 3 is 3.06 bits per heavy atom. The van der Waals surface area contributed by atoms with Crippen LogP contribution in [0.1, 0.15) is 18.9 Å². The number of esters is 1. The number of hydrogen-bond acceptors (Lipinski definition) is 4. The van der Waals surface area contributed by atoms with Gasteiger partial charge in [0.1, 0.15) is 6.61 Å². The maximum atomic E-state index is 10.9. The zero-order valence-electron chi connectivity index (χ0n) is 9.52. The zero-order valence-corrected chi connectivity index (χ0v) is 9.52. The summed E-state index contributed by atoms with van der Waals surface area (Å²) in [7, 11) is 0. The van der Waals surface area contributed by atoms with Crippen molar-refractivity contribution in [3.63, 3.8) is 0 Å². The highest BCUT2D eigenvalue weighted by molar-refractivity contribution is 5.70. The summed E-state index contributed by atoms with van der Waals surface area (Å²) >= 11 is 0. The fourth-order valence-corrected chi connectivity index (χ4v) is 1.28. The van der Waals surface area contributed by atoms with Crippen LogP contribution in [-0.4, -0.2) is 30.8 Å². The van der Waals surface area contributed by atoms with Crippen molar-refractivity contribution >= 4 is 5.97 Å². The van der Waals surface area contributed by atoms with E-state index in [-0.39, 0.29) is 12.6 Å². The summed E-state index contributed by atoms with van der Waals surface area (Å²) in [6.45, 7) is 2.78. The minimum Gasteiger partial charge on any atom is -0.464 e. The average molecular weight is 223 g/mol. The van der Waals surface area contributed by atoms with E-state index in [1.807, 2.05) is 18.3 Å². The Bertz CT molecular complexity index is 300. The summed E-state index contributed by atoms with van der Waals surface area (Å²) in [5.74, 6) is -0.302. The summed E-state index contributed by atoms with van der Waals surface area (Å²) in [5, 5.41) is 0. The quantitative estimate of drug-likeness (QED) is 0.520. The fraction of sp³-hybridized carbons (Fsp3) is 0.500. The van der Waals surface area contributed by atoms with Crippen molar-refractivity contribution in [1.29, 1.82) is 0 Å². The highest BCUT2D eigenvalue weighted by Gasteiger charge is 2.00. The maximum Gasteiger partial charge on any atom is 0.332 e. The molecule has 16 heavy (non-hydrogen) atoms. The van der Waals surface area contributed by atoms with E-state index in [1.165, 1.54) is 5.56 Å². The Balaban J connectivity index is 2.02. The van der Waals surface area contributed by atoms with E-state index in [4.69, 9.17) is 9.47 Å². The molecule has 0 aromatic carbocycles. The number of carbonyl (C=O) groups is 1. The van der Waals surface area contributed by atoms with Crippen molar-refractivity contribution in [2.45, 2.75) is 19.8 Å². The molecule has 0 radical (unpaired) electrons. The molecule has 0 spiro atoms. The first-order chi connectivity index (χ1) is 7.83. The van der Waals surface area contributed by atoms with E-state index < -0.39 is 0 Å². The van der Waals surface area contributed by atoms with Crippen molar-refractivity contribution in [3.05, 3.63) is 30.1 Å². The van der Waals surface area contributed by atoms with Crippen LogP contribution < -0.4 is 0 Å². The van der Waals surface area contributed by atoms with Gasteiger partial charge in [0.2, 0.25) is 0 Å². The lowest BCUT2D eigenvalue weighted by Crippen LogP contribution is -2.13. The van der Waals surface area contributed by atoms with Gasteiger partial charge in [-0.3, -0.25) is 4.98 Å². The molecule has 0 aliphatic heterocycles. The summed E-state index contributed by atoms with van der Waals surface area (Å²) in [4.78, 5) is 14.9. The molecular formula is C12H17NO3. The third kappa shape index (κ3) is 5.46. The van der Waals surface area contributed by atoms with Gasteiger partial charge in [0.15, 0.2) is 0 Å². The lowest BCUT2D eigenvalue weighted by atomic mass is 10.2. The molecule has 0 fully saturated rings. The van der Waals surface area contributed by atoms with Gasteiger partial charge in [0, 0.05) is 19.0 Å². The summed E-state index contributed by atoms with van der Waals surface area (Å²) < 4.78 is 9.91. The number of hydrogen-bond donors (Lipinski definition) is 0. The van der Waals surface area contributed by atoms with E-state index in [0.717, 1.165) is 12.8 Å². The molecule has 0 atom stereocenters. The molecule has 0 unspecified atom stereocenters. The van der Waals surface area contributed by atoms with Gasteiger partial charge in [-0.1, -0.05) is 6.07 Å². The van der Waals surface area contributed by atoms with E-state index >= 15 is 0 Å². The Hall–Kier alpha value is -1.42. The predicted octanol–water partition coefficient (Wildman–Crippen LogP) is 1.59. The van der Waals surface area contributed by atoms with Crippen LogP contribution in [0.15, 0.2) is 24.5 Å². The molecular weight excluding hydrogens is 206 g/mol. The minimum atomic E-state index is -0.302. The Kier molecular flexibility index (Phi) is 6.18. The lowest BCUT2D eigenvalue weighted by molar-refractivity contribution is -0.148. The number of aryl methyl sites for hydroxylation is 1. The molecule has 0 bridgehead atoms. The molecule has 0 N–H and O–H groups in total. The van der Waals surface area contributed by atoms with Crippen LogP contribution in [0.5, 0.6) is 0 Å². The molecule has 1 aromatic heterocycles. The van der Waals surface area contributed by atoms with Gasteiger partial charge in [0.25, 0.3) is 0 Å². The van der Waals surface area contributed by atoms with Crippen LogP contribution in [0.4, 0.5) is 0 Å². The van der Waals surface area contributed by atoms with E-state index in [2.05, 4.69) is 4.98 Å². The minimum absolute atomic E-state index is 0.0425. The topological polar surface area (TPSA) is 48.4 Å². The highest BCUT2D eigenvalue weighted by Crippen LogP contribution is 2.00. The molecule has 0 amide bonds. The molecule has 88 valence electrons. The van der Waals surface area contributed by atoms with Crippen LogP contribution in [0.3, 0.4) is 0 Å². The Morgan fingerprint density at radius 2 is 2.38 bits per heavy atom. The van der Waals surface area contributed by atoms with Gasteiger partial charge in [0.05, 0.1) is 6.61 Å². The molecule has 1 heterocycles. The number of rotatable bonds is 7. The van der Waals surface area contributed by atoms with Gasteiger partial charge in [-0.25, -0.2) is 4.79 Å². The third-order valence-corrected chi connectivity index (χ3v) is 2.00. The van der Waals surface area contributed by atoms with Gasteiger partial charge < -0.3 is 9.47 Å². The van der Waals surface area contributed by atoms with Gasteiger partial charge in [-0.2, -0.15) is 0 Å². The van der Waals surface area contributed by atoms with Crippen LogP contribution in [-0.2, 0) is 20.7 Å². The first-order valence-corrected chi connectivity index (χ1v) is 5.45. The fourth-order valence-electron chi connectivity index (χ4n) is 1.28. The molecule has 0 aliphatic carbocycles. The van der Waals surface area contributed by atoms with Gasteiger partial charge >= 0.3 is 5.97 Å². The van der Waals surface area contributed by atoms with Crippen molar-refractivity contribution in [1.82, 2.24) is 4.98 Å². The van der Waals surface area contributed by atoms with Crippen molar-refractivity contribution in [2.24, 2.45) is 0 Å². The predicted molar refractivity (Wildman–Crippen MR) is 60.0 cm³/mol. The van der Waals surface area contributed by atoms with Crippen molar-refractivity contribution in [3.8, 4) is 0 Å². The average Bonchev–Trinajstić information content (AvgIpc) is 2.30. The monoisotopic (exact) mass is 223 g/mol. The maximum absolute atomic E-state index is 10.9. The smallest absolute Gasteiger partial charge is 0.332 e. The molecule has 0 saturated heterocycles. The SMILES string of the molecule is CCOC(=O)COCCCc1cccnc1. The van der Waals surface area contributed by atoms with Crippen LogP contribution >= 0.6 is 0 Å². The highest BCUT2D eigenvalue weighted by atomic mass is 16.6. The first kappa shape index (κ1) is 12.6. The van der Waals surface area contributed by atoms with E-state index in [1.54, 1.807) is 13.1 Å². The third-order valence-electron chi connectivity index (χ3n) is 2.00. The molecule has 0 saturated carbocycles. The second-order valence-corrected chi connectivity index (χ2v) is 3.32. The standard InChI is InChI=1S/C12H17NO3/c1-2-16-12(14)10-15-8-4-6-11-5-3-7-13-9-11/h3,5,7,9H,2,4,6,8,10H2,1H3. The molecule has 1 rings (SSSR count). The number of pyridine rings is 1. The Labute approximate surface area is 95.6 Å². The second-order valence-electron chi connectivity index (χ2n) is 3.32. The Morgan fingerprint density at radius 1 is 1.50 bits per heavy atom.